The molecular formula is C18H24N2O3S2. The number of hydrogen-bond donors (Lipinski definition) is 0. The van der Waals surface area contributed by atoms with E-state index in [2.05, 4.69) is 11.1 Å². The average Bonchev–Trinajstić information content (AvgIpc) is 3.03. The molecule has 2 heterocycles. The van der Waals surface area contributed by atoms with Crippen molar-refractivity contribution in [1.82, 2.24) is 9.88 Å². The van der Waals surface area contributed by atoms with Gasteiger partial charge in [-0.1, -0.05) is 23.9 Å². The first kappa shape index (κ1) is 18.5. The SMILES string of the molecule is CC(C)(C)OC(=O)N1[C@H](CSc2nc3ccccc3s2)COC1(C)C. The molecule has 1 amide bonds. The minimum atomic E-state index is -0.666. The van der Waals surface area contributed by atoms with Gasteiger partial charge in [0.05, 0.1) is 22.9 Å². The van der Waals surface area contributed by atoms with Crippen LogP contribution in [0.2, 0.25) is 0 Å². The Hall–Kier alpha value is -1.31. The Morgan fingerprint density at radius 2 is 2.16 bits per heavy atom. The molecule has 0 bridgehead atoms. The van der Waals surface area contributed by atoms with Gasteiger partial charge in [0.25, 0.3) is 0 Å². The first-order valence-corrected chi connectivity index (χ1v) is 10.1. The molecule has 7 heteroatoms. The smallest absolute Gasteiger partial charge is 0.412 e. The Morgan fingerprint density at radius 1 is 1.44 bits per heavy atom. The van der Waals surface area contributed by atoms with E-state index in [-0.39, 0.29) is 12.1 Å². The molecule has 5 nitrogen and oxygen atoms in total. The largest absolute Gasteiger partial charge is 0.444 e. The summed E-state index contributed by atoms with van der Waals surface area (Å²) in [7, 11) is 0. The lowest BCUT2D eigenvalue weighted by atomic mass is 10.2. The van der Waals surface area contributed by atoms with Crippen molar-refractivity contribution < 1.29 is 14.3 Å². The van der Waals surface area contributed by atoms with Gasteiger partial charge in [-0.05, 0) is 46.8 Å². The Labute approximate surface area is 156 Å². The van der Waals surface area contributed by atoms with Gasteiger partial charge in [-0.15, -0.1) is 11.3 Å². The topological polar surface area (TPSA) is 51.7 Å². The molecule has 1 fully saturated rings. The molecule has 0 spiro atoms. The first-order valence-electron chi connectivity index (χ1n) is 8.30. The van der Waals surface area contributed by atoms with Gasteiger partial charge < -0.3 is 9.47 Å². The number of benzene rings is 1. The summed E-state index contributed by atoms with van der Waals surface area (Å²) in [5.41, 5.74) is -0.177. The van der Waals surface area contributed by atoms with Crippen LogP contribution in [0.1, 0.15) is 34.6 Å². The predicted molar refractivity (Wildman–Crippen MR) is 102 cm³/mol. The normalized spacial score (nSPS) is 20.2. The molecule has 1 aliphatic heterocycles. The minimum Gasteiger partial charge on any atom is -0.444 e. The van der Waals surface area contributed by atoms with Crippen LogP contribution in [0.4, 0.5) is 4.79 Å². The van der Waals surface area contributed by atoms with Crippen molar-refractivity contribution in [2.24, 2.45) is 0 Å². The maximum Gasteiger partial charge on any atom is 0.412 e. The van der Waals surface area contributed by atoms with E-state index in [0.29, 0.717) is 6.61 Å². The first-order chi connectivity index (χ1) is 11.7. The van der Waals surface area contributed by atoms with E-state index in [9.17, 15) is 4.79 Å². The van der Waals surface area contributed by atoms with Gasteiger partial charge in [-0.25, -0.2) is 9.78 Å². The molecule has 0 radical (unpaired) electrons. The summed E-state index contributed by atoms with van der Waals surface area (Å²) >= 11 is 3.34. The van der Waals surface area contributed by atoms with E-state index in [0.717, 1.165) is 15.6 Å². The highest BCUT2D eigenvalue weighted by atomic mass is 32.2. The molecule has 0 saturated carbocycles. The van der Waals surface area contributed by atoms with Crippen LogP contribution in [0.15, 0.2) is 28.6 Å². The number of hydrogen-bond acceptors (Lipinski definition) is 6. The maximum atomic E-state index is 12.6. The molecule has 0 aliphatic carbocycles. The van der Waals surface area contributed by atoms with Gasteiger partial charge in [-0.2, -0.15) is 0 Å². The number of para-hydroxylation sites is 1. The van der Waals surface area contributed by atoms with Gasteiger partial charge in [0.1, 0.15) is 11.3 Å². The molecule has 1 atom stereocenters. The molecule has 25 heavy (non-hydrogen) atoms. The number of nitrogens with zero attached hydrogens (tertiary/aromatic N) is 2. The summed E-state index contributed by atoms with van der Waals surface area (Å²) in [5, 5.41) is 0. The predicted octanol–water partition coefficient (Wildman–Crippen LogP) is 4.76. The second kappa shape index (κ2) is 6.78. The third kappa shape index (κ3) is 4.27. The standard InChI is InChI=1S/C18H24N2O3S2/c1-17(2,3)23-16(21)20-12(10-22-18(20,4)5)11-24-15-19-13-8-6-7-9-14(13)25-15/h6-9,12H,10-11H2,1-5H3/t12-/m0/s1. The van der Waals surface area contributed by atoms with E-state index in [1.807, 2.05) is 52.8 Å². The number of rotatable bonds is 3. The van der Waals surface area contributed by atoms with Gasteiger partial charge in [-0.3, -0.25) is 4.90 Å². The molecule has 1 saturated heterocycles. The van der Waals surface area contributed by atoms with Crippen LogP contribution >= 0.6 is 23.1 Å². The van der Waals surface area contributed by atoms with Crippen molar-refractivity contribution in [1.29, 1.82) is 0 Å². The van der Waals surface area contributed by atoms with Crippen LogP contribution in [-0.2, 0) is 9.47 Å². The molecular weight excluding hydrogens is 356 g/mol. The maximum absolute atomic E-state index is 12.6. The second-order valence-corrected chi connectivity index (χ2v) is 9.82. The third-order valence-electron chi connectivity index (χ3n) is 3.84. The fourth-order valence-electron chi connectivity index (χ4n) is 2.77. The fraction of sp³-hybridized carbons (Fsp3) is 0.556. The second-order valence-electron chi connectivity index (χ2n) is 7.52. The Balaban J connectivity index is 1.70. The zero-order chi connectivity index (χ0) is 18.2. The summed E-state index contributed by atoms with van der Waals surface area (Å²) in [6.07, 6.45) is -0.329. The average molecular weight is 381 g/mol. The summed E-state index contributed by atoms with van der Waals surface area (Å²) < 4.78 is 13.6. The minimum absolute atomic E-state index is 0.0399. The number of carbonyl (C=O) groups is 1. The highest BCUT2D eigenvalue weighted by Crippen LogP contribution is 2.35. The van der Waals surface area contributed by atoms with Crippen LogP contribution in [0.3, 0.4) is 0 Å². The van der Waals surface area contributed by atoms with E-state index in [1.165, 1.54) is 4.70 Å². The van der Waals surface area contributed by atoms with Crippen molar-refractivity contribution in [3.05, 3.63) is 24.3 Å². The van der Waals surface area contributed by atoms with E-state index in [4.69, 9.17) is 9.47 Å². The molecule has 0 N–H and O–H groups in total. The molecule has 2 aromatic rings. The number of thioether (sulfide) groups is 1. The van der Waals surface area contributed by atoms with Gasteiger partial charge in [0.2, 0.25) is 0 Å². The van der Waals surface area contributed by atoms with Crippen LogP contribution in [0.25, 0.3) is 10.2 Å². The van der Waals surface area contributed by atoms with Crippen LogP contribution in [-0.4, -0.2) is 45.7 Å². The van der Waals surface area contributed by atoms with Crippen molar-refractivity contribution in [2.75, 3.05) is 12.4 Å². The zero-order valence-electron chi connectivity index (χ0n) is 15.2. The monoisotopic (exact) mass is 380 g/mol. The molecule has 1 aromatic heterocycles. The van der Waals surface area contributed by atoms with Crippen molar-refractivity contribution >= 4 is 39.4 Å². The lowest BCUT2D eigenvalue weighted by Crippen LogP contribution is -2.50. The number of fused-ring (bicyclic) bond motifs is 1. The van der Waals surface area contributed by atoms with Crippen molar-refractivity contribution in [3.8, 4) is 0 Å². The molecule has 1 aliphatic rings. The Kier molecular flexibility index (Phi) is 5.01. The van der Waals surface area contributed by atoms with Gasteiger partial charge in [0.15, 0.2) is 4.34 Å². The number of ether oxygens (including phenoxy) is 2. The number of thiazole rings is 1. The molecule has 136 valence electrons. The van der Waals surface area contributed by atoms with Crippen molar-refractivity contribution in [3.63, 3.8) is 0 Å². The van der Waals surface area contributed by atoms with Gasteiger partial charge in [0, 0.05) is 5.75 Å². The highest BCUT2D eigenvalue weighted by molar-refractivity contribution is 8.01. The van der Waals surface area contributed by atoms with Crippen molar-refractivity contribution in [2.45, 2.75) is 56.3 Å². The fourth-order valence-corrected chi connectivity index (χ4v) is 4.92. The lowest BCUT2D eigenvalue weighted by Gasteiger charge is -2.34. The van der Waals surface area contributed by atoms with E-state index >= 15 is 0 Å². The quantitative estimate of drug-likeness (QED) is 0.719. The Bertz CT molecular complexity index is 734. The van der Waals surface area contributed by atoms with Crippen LogP contribution in [0, 0.1) is 0 Å². The van der Waals surface area contributed by atoms with Crippen LogP contribution < -0.4 is 0 Å². The molecule has 1 aromatic carbocycles. The highest BCUT2D eigenvalue weighted by Gasteiger charge is 2.45. The van der Waals surface area contributed by atoms with Crippen LogP contribution in [0.5, 0.6) is 0 Å². The number of aromatic nitrogens is 1. The van der Waals surface area contributed by atoms with Gasteiger partial charge >= 0.3 is 6.09 Å². The van der Waals surface area contributed by atoms with E-state index < -0.39 is 11.3 Å². The summed E-state index contributed by atoms with van der Waals surface area (Å²) in [4.78, 5) is 19.0. The molecule has 0 unspecified atom stereocenters. The summed E-state index contributed by atoms with van der Waals surface area (Å²) in [6.45, 7) is 9.93. The third-order valence-corrected chi connectivity index (χ3v) is 6.16. The summed E-state index contributed by atoms with van der Waals surface area (Å²) in [6, 6.07) is 8.07. The zero-order valence-corrected chi connectivity index (χ0v) is 16.9. The summed E-state index contributed by atoms with van der Waals surface area (Å²) in [5.74, 6) is 0.725. The lowest BCUT2D eigenvalue weighted by molar-refractivity contribution is -0.0617. The number of amides is 1. The Morgan fingerprint density at radius 3 is 2.84 bits per heavy atom. The van der Waals surface area contributed by atoms with E-state index in [1.54, 1.807) is 28.0 Å². The molecule has 3 rings (SSSR count). The number of carbonyl (C=O) groups excluding carboxylic acids is 1.